The van der Waals surface area contributed by atoms with E-state index in [9.17, 15) is 10.1 Å². The molecule has 1 aliphatic carbocycles. The second-order valence-corrected chi connectivity index (χ2v) is 8.33. The van der Waals surface area contributed by atoms with Crippen LogP contribution in [0, 0.1) is 18.3 Å². The Hall–Kier alpha value is -3.83. The van der Waals surface area contributed by atoms with Crippen molar-refractivity contribution >= 4 is 17.4 Å². The molecule has 0 spiro atoms. The van der Waals surface area contributed by atoms with E-state index >= 15 is 0 Å². The van der Waals surface area contributed by atoms with Crippen LogP contribution in [0.4, 0.5) is 11.5 Å². The lowest BCUT2D eigenvalue weighted by Gasteiger charge is -2.22. The lowest BCUT2D eigenvalue weighted by molar-refractivity contribution is 0.102. The highest BCUT2D eigenvalue weighted by molar-refractivity contribution is 6.04. The van der Waals surface area contributed by atoms with Crippen molar-refractivity contribution in [2.75, 3.05) is 37.0 Å². The van der Waals surface area contributed by atoms with Crippen molar-refractivity contribution in [1.29, 1.82) is 5.26 Å². The maximum absolute atomic E-state index is 12.8. The van der Waals surface area contributed by atoms with Crippen LogP contribution in [0.5, 0.6) is 0 Å². The maximum atomic E-state index is 12.8. The highest BCUT2D eigenvalue weighted by Gasteiger charge is 2.25. The monoisotopic (exact) mass is 456 g/mol. The average Bonchev–Trinajstić information content (AvgIpc) is 3.71. The predicted molar refractivity (Wildman–Crippen MR) is 131 cm³/mol. The molecular formula is C26H28N6O2. The molecule has 4 rings (SSSR count). The number of hydrogen-bond donors (Lipinski definition) is 1. The van der Waals surface area contributed by atoms with E-state index in [1.165, 1.54) is 0 Å². The minimum Gasteiger partial charge on any atom is -0.383 e. The maximum Gasteiger partial charge on any atom is 0.255 e. The Morgan fingerprint density at radius 3 is 2.76 bits per heavy atom. The molecule has 3 heterocycles. The molecule has 0 atom stereocenters. The molecular weight excluding hydrogens is 428 g/mol. The largest absolute Gasteiger partial charge is 0.383 e. The van der Waals surface area contributed by atoms with Crippen LogP contribution in [0.15, 0.2) is 42.9 Å². The summed E-state index contributed by atoms with van der Waals surface area (Å²) in [5.41, 5.74) is 4.96. The quantitative estimate of drug-likeness (QED) is 0.511. The summed E-state index contributed by atoms with van der Waals surface area (Å²) in [5.74, 6) is 0.900. The van der Waals surface area contributed by atoms with Gasteiger partial charge in [0, 0.05) is 66.6 Å². The molecule has 8 nitrogen and oxygen atoms in total. The minimum atomic E-state index is -0.205. The van der Waals surface area contributed by atoms with Crippen molar-refractivity contribution in [3.8, 4) is 17.2 Å². The molecule has 1 N–H and O–H groups in total. The van der Waals surface area contributed by atoms with Gasteiger partial charge in [0.1, 0.15) is 11.9 Å². The van der Waals surface area contributed by atoms with Gasteiger partial charge in [0.25, 0.3) is 5.91 Å². The molecule has 1 saturated carbocycles. The van der Waals surface area contributed by atoms with Crippen LogP contribution in [-0.2, 0) is 4.74 Å². The summed E-state index contributed by atoms with van der Waals surface area (Å²) >= 11 is 0. The number of nitrogens with zero attached hydrogens (tertiary/aromatic N) is 5. The first-order chi connectivity index (χ1) is 16.5. The highest BCUT2D eigenvalue weighted by Crippen LogP contribution is 2.39. The number of nitriles is 1. The topological polar surface area (TPSA) is 104 Å². The number of pyridine rings is 3. The van der Waals surface area contributed by atoms with Crippen molar-refractivity contribution in [2.24, 2.45) is 0 Å². The molecule has 1 aliphatic rings. The fourth-order valence-corrected chi connectivity index (χ4v) is 3.84. The number of rotatable bonds is 9. The van der Waals surface area contributed by atoms with Crippen LogP contribution < -0.4 is 10.2 Å². The van der Waals surface area contributed by atoms with Crippen molar-refractivity contribution in [2.45, 2.75) is 32.6 Å². The van der Waals surface area contributed by atoms with Gasteiger partial charge < -0.3 is 15.0 Å². The number of anilines is 2. The third kappa shape index (κ3) is 5.21. The number of nitrogens with one attached hydrogen (secondary N) is 1. The van der Waals surface area contributed by atoms with Crippen molar-refractivity contribution in [3.63, 3.8) is 0 Å². The van der Waals surface area contributed by atoms with Crippen molar-refractivity contribution in [1.82, 2.24) is 15.0 Å². The van der Waals surface area contributed by atoms with Gasteiger partial charge in [-0.05, 0) is 51.0 Å². The fourth-order valence-electron chi connectivity index (χ4n) is 3.84. The van der Waals surface area contributed by atoms with E-state index < -0.39 is 0 Å². The first kappa shape index (κ1) is 23.3. The zero-order chi connectivity index (χ0) is 24.1. The lowest BCUT2D eigenvalue weighted by atomic mass is 10.0. The van der Waals surface area contributed by atoms with Crippen molar-refractivity contribution in [3.05, 3.63) is 65.4 Å². The molecule has 1 amide bonds. The smallest absolute Gasteiger partial charge is 0.255 e. The molecule has 34 heavy (non-hydrogen) atoms. The first-order valence-electron chi connectivity index (χ1n) is 11.4. The second-order valence-electron chi connectivity index (χ2n) is 8.33. The Morgan fingerprint density at radius 1 is 1.24 bits per heavy atom. The van der Waals surface area contributed by atoms with Crippen LogP contribution in [0.1, 0.15) is 53.0 Å². The molecule has 0 aliphatic heterocycles. The van der Waals surface area contributed by atoms with Crippen LogP contribution in [-0.4, -0.2) is 47.7 Å². The van der Waals surface area contributed by atoms with E-state index in [1.807, 2.05) is 36.9 Å². The molecule has 0 bridgehead atoms. The van der Waals surface area contributed by atoms with E-state index in [2.05, 4.69) is 26.3 Å². The molecule has 8 heteroatoms. The molecule has 0 aromatic carbocycles. The summed E-state index contributed by atoms with van der Waals surface area (Å²) in [6, 6.07) is 9.52. The van der Waals surface area contributed by atoms with Gasteiger partial charge in [-0.2, -0.15) is 5.26 Å². The van der Waals surface area contributed by atoms with E-state index in [-0.39, 0.29) is 5.91 Å². The lowest BCUT2D eigenvalue weighted by Crippen LogP contribution is -2.28. The van der Waals surface area contributed by atoms with Gasteiger partial charge >= 0.3 is 0 Å². The molecule has 0 radical (unpaired) electrons. The Kier molecular flexibility index (Phi) is 7.14. The zero-order valence-electron chi connectivity index (χ0n) is 19.7. The Bertz CT molecular complexity index is 1230. The van der Waals surface area contributed by atoms with E-state index in [0.717, 1.165) is 35.4 Å². The number of aromatic nitrogens is 3. The molecule has 0 saturated heterocycles. The molecule has 3 aromatic rings. The standard InChI is InChI=1S/C26H28N6O2/c1-4-32(9-10-34-3)25-20(14-27)11-21(15-30-25)23-13-22(16-29-17(23)2)31-26(33)19-7-8-28-24(12-19)18-5-6-18/h7-8,11-13,15-16,18H,4-6,9-10H2,1-3H3,(H,31,33). The summed E-state index contributed by atoms with van der Waals surface area (Å²) in [6.45, 7) is 5.82. The normalized spacial score (nSPS) is 12.8. The first-order valence-corrected chi connectivity index (χ1v) is 11.4. The fraction of sp³-hybridized carbons (Fsp3) is 0.346. The molecule has 3 aromatic heterocycles. The summed E-state index contributed by atoms with van der Waals surface area (Å²) in [4.78, 5) is 28.3. The second kappa shape index (κ2) is 10.4. The van der Waals surface area contributed by atoms with Crippen LogP contribution >= 0.6 is 0 Å². The number of carbonyl (C=O) groups excluding carboxylic acids is 1. The van der Waals surface area contributed by atoms with Crippen LogP contribution in [0.3, 0.4) is 0 Å². The van der Waals surface area contributed by atoms with E-state index in [4.69, 9.17) is 4.74 Å². The Morgan fingerprint density at radius 2 is 2.06 bits per heavy atom. The number of amides is 1. The molecule has 0 unspecified atom stereocenters. The van der Waals surface area contributed by atoms with Gasteiger partial charge in [0.15, 0.2) is 0 Å². The predicted octanol–water partition coefficient (Wildman–Crippen LogP) is 4.32. The number of likely N-dealkylation sites (N-methyl/N-ethyl adjacent to an activating group) is 1. The van der Waals surface area contributed by atoms with Crippen LogP contribution in [0.25, 0.3) is 11.1 Å². The summed E-state index contributed by atoms with van der Waals surface area (Å²) in [5, 5.41) is 12.7. The number of ether oxygens (including phenoxy) is 1. The third-order valence-electron chi connectivity index (χ3n) is 5.93. The summed E-state index contributed by atoms with van der Waals surface area (Å²) < 4.78 is 5.18. The Labute approximate surface area is 199 Å². The van der Waals surface area contributed by atoms with Crippen molar-refractivity contribution < 1.29 is 9.53 Å². The van der Waals surface area contributed by atoms with E-state index in [0.29, 0.717) is 48.2 Å². The SMILES string of the molecule is CCN(CCOC)c1ncc(-c2cc(NC(=O)c3ccnc(C4CC4)c3)cnc2C)cc1C#N. The van der Waals surface area contributed by atoms with Gasteiger partial charge in [0.05, 0.1) is 24.1 Å². The van der Waals surface area contributed by atoms with Gasteiger partial charge in [-0.1, -0.05) is 0 Å². The highest BCUT2D eigenvalue weighted by atomic mass is 16.5. The minimum absolute atomic E-state index is 0.205. The molecule has 174 valence electrons. The summed E-state index contributed by atoms with van der Waals surface area (Å²) in [7, 11) is 1.65. The van der Waals surface area contributed by atoms with E-state index in [1.54, 1.807) is 31.8 Å². The average molecular weight is 457 g/mol. The summed E-state index contributed by atoms with van der Waals surface area (Å²) in [6.07, 6.45) is 7.32. The number of hydrogen-bond acceptors (Lipinski definition) is 7. The third-order valence-corrected chi connectivity index (χ3v) is 5.93. The van der Waals surface area contributed by atoms with Gasteiger partial charge in [-0.3, -0.25) is 14.8 Å². The van der Waals surface area contributed by atoms with Gasteiger partial charge in [-0.15, -0.1) is 0 Å². The Balaban J connectivity index is 1.59. The zero-order valence-corrected chi connectivity index (χ0v) is 19.7. The number of carbonyl (C=O) groups is 1. The van der Waals surface area contributed by atoms with Gasteiger partial charge in [0.2, 0.25) is 0 Å². The van der Waals surface area contributed by atoms with Crippen LogP contribution in [0.2, 0.25) is 0 Å². The number of aryl methyl sites for hydroxylation is 1. The number of methoxy groups -OCH3 is 1. The molecule has 1 fully saturated rings. The van der Waals surface area contributed by atoms with Gasteiger partial charge in [-0.25, -0.2) is 4.98 Å².